The van der Waals surface area contributed by atoms with Gasteiger partial charge in [-0.05, 0) is 124 Å². The quantitative estimate of drug-likeness (QED) is 0.232. The number of fused-ring (bicyclic) bond motifs is 8. The highest BCUT2D eigenvalue weighted by atomic mass is 15.3. The standard InChI is InChI=1S/C70H72N4/c1-69-44-16-15-28-63(69)68(31-18-45-69)71(56-40-42-66-60(47-56)58-25-10-13-29-64(58)72(66)52-21-5-3-6-22-52)54-36-32-49(33-37-54)50-34-38-55(39-35-50)74(70(2)46-17-20-51-19-9-12-27-62(51)70)57-41-43-67-61(48-57)59-26-11-14-30-65(59)73(67)53-23-7-4-8-24-53/h3,5-6,9-10,12-23,25,27-34,36-40,42-47,49-50,54,57,59-63,65-66H,4,7-8,11,24,26,35,41,48H2,1-2H3. The molecule has 4 heteroatoms. The van der Waals surface area contributed by atoms with Crippen molar-refractivity contribution in [3.05, 3.63) is 264 Å². The molecule has 0 radical (unpaired) electrons. The van der Waals surface area contributed by atoms with Crippen LogP contribution in [-0.2, 0) is 0 Å². The van der Waals surface area contributed by atoms with E-state index in [-0.39, 0.29) is 34.9 Å². The number of allylic oxidation sites excluding steroid dienone is 22. The molecule has 74 heavy (non-hydrogen) atoms. The summed E-state index contributed by atoms with van der Waals surface area (Å²) in [4.78, 5) is 10.9. The molecule has 0 amide bonds. The number of likely N-dealkylation sites (tertiary alicyclic amines) is 1. The minimum Gasteiger partial charge on any atom is -0.359 e. The van der Waals surface area contributed by atoms with Gasteiger partial charge < -0.3 is 19.6 Å². The van der Waals surface area contributed by atoms with Gasteiger partial charge in [-0.2, -0.15) is 0 Å². The Hall–Kier alpha value is -6.78. The zero-order chi connectivity index (χ0) is 49.4. The molecule has 11 atom stereocenters. The molecule has 0 saturated carbocycles. The summed E-state index contributed by atoms with van der Waals surface area (Å²) >= 11 is 0. The summed E-state index contributed by atoms with van der Waals surface area (Å²) in [5.74, 6) is 2.76. The summed E-state index contributed by atoms with van der Waals surface area (Å²) in [5.41, 5.74) is 12.4. The van der Waals surface area contributed by atoms with Crippen LogP contribution in [-0.4, -0.2) is 44.4 Å². The molecule has 2 heterocycles. The average molecular weight is 969 g/mol. The molecule has 11 unspecified atom stereocenters. The Balaban J connectivity index is 0.756. The van der Waals surface area contributed by atoms with Gasteiger partial charge in [0.1, 0.15) is 0 Å². The van der Waals surface area contributed by atoms with Crippen LogP contribution in [0.4, 0.5) is 11.4 Å². The number of hydrogen-bond acceptors (Lipinski definition) is 4. The first kappa shape index (κ1) is 45.8. The molecule has 0 bridgehead atoms. The molecular formula is C70H72N4. The third kappa shape index (κ3) is 7.59. The summed E-state index contributed by atoms with van der Waals surface area (Å²) in [7, 11) is 0. The van der Waals surface area contributed by atoms with E-state index in [0.29, 0.717) is 41.7 Å². The molecule has 12 aliphatic rings. The summed E-state index contributed by atoms with van der Waals surface area (Å²) < 4.78 is 0. The number of rotatable bonds is 9. The summed E-state index contributed by atoms with van der Waals surface area (Å²) in [6, 6.07) is 21.2. The second kappa shape index (κ2) is 18.6. The molecule has 1 saturated heterocycles. The van der Waals surface area contributed by atoms with Gasteiger partial charge in [-0.3, -0.25) is 0 Å². The normalized spacial score (nSPS) is 36.4. The zero-order valence-corrected chi connectivity index (χ0v) is 43.4. The minimum atomic E-state index is -0.188. The van der Waals surface area contributed by atoms with Crippen molar-refractivity contribution in [1.29, 1.82) is 0 Å². The van der Waals surface area contributed by atoms with Crippen molar-refractivity contribution in [2.45, 2.75) is 107 Å². The fourth-order valence-corrected chi connectivity index (χ4v) is 15.8. The third-order valence-electron chi connectivity index (χ3n) is 19.4. The van der Waals surface area contributed by atoms with Gasteiger partial charge in [-0.15, -0.1) is 0 Å². The fraction of sp³-hybridized carbons (Fsp3) is 0.343. The molecule has 14 rings (SSSR count). The predicted octanol–water partition coefficient (Wildman–Crippen LogP) is 15.9. The number of hydrogen-bond donors (Lipinski definition) is 0. The van der Waals surface area contributed by atoms with Gasteiger partial charge in [0.2, 0.25) is 0 Å². The molecule has 1 fully saturated rings. The monoisotopic (exact) mass is 969 g/mol. The van der Waals surface area contributed by atoms with Gasteiger partial charge in [0.05, 0.1) is 23.7 Å². The van der Waals surface area contributed by atoms with E-state index in [0.717, 1.165) is 12.8 Å². The number of nitrogens with zero attached hydrogens (tertiary/aromatic N) is 4. The lowest BCUT2D eigenvalue weighted by atomic mass is 9.69. The lowest BCUT2D eigenvalue weighted by molar-refractivity contribution is 0.0912. The van der Waals surface area contributed by atoms with Crippen LogP contribution in [0.2, 0.25) is 0 Å². The average Bonchev–Trinajstić information content (AvgIpc) is 3.98. The van der Waals surface area contributed by atoms with E-state index in [1.54, 1.807) is 11.4 Å². The Kier molecular flexibility index (Phi) is 11.5. The number of anilines is 2. The summed E-state index contributed by atoms with van der Waals surface area (Å²) in [5, 5.41) is 0. The molecule has 2 aromatic rings. The predicted molar refractivity (Wildman–Crippen MR) is 306 cm³/mol. The maximum atomic E-state index is 2.91. The molecule has 10 aliphatic carbocycles. The van der Waals surface area contributed by atoms with Crippen LogP contribution < -0.4 is 4.90 Å². The van der Waals surface area contributed by atoms with Gasteiger partial charge in [0.15, 0.2) is 0 Å². The topological polar surface area (TPSA) is 13.0 Å². The third-order valence-corrected chi connectivity index (χ3v) is 19.4. The smallest absolute Gasteiger partial charge is 0.0703 e. The lowest BCUT2D eigenvalue weighted by Gasteiger charge is -2.53. The Labute approximate surface area is 441 Å². The van der Waals surface area contributed by atoms with Crippen molar-refractivity contribution in [1.82, 2.24) is 14.7 Å². The van der Waals surface area contributed by atoms with E-state index in [1.165, 1.54) is 84.5 Å². The van der Waals surface area contributed by atoms with E-state index < -0.39 is 0 Å². The zero-order valence-electron chi connectivity index (χ0n) is 43.4. The van der Waals surface area contributed by atoms with Gasteiger partial charge in [-0.1, -0.05) is 195 Å². The molecule has 0 aromatic heterocycles. The van der Waals surface area contributed by atoms with E-state index in [1.807, 2.05) is 0 Å². The highest BCUT2D eigenvalue weighted by molar-refractivity contribution is 5.75. The summed E-state index contributed by atoms with van der Waals surface area (Å²) in [6.07, 6.45) is 79.5. The first-order chi connectivity index (χ1) is 36.4. The molecule has 4 nitrogen and oxygen atoms in total. The van der Waals surface area contributed by atoms with Gasteiger partial charge >= 0.3 is 0 Å². The van der Waals surface area contributed by atoms with Crippen molar-refractivity contribution < 1.29 is 0 Å². The number of benzene rings is 2. The van der Waals surface area contributed by atoms with E-state index in [9.17, 15) is 0 Å². The Morgan fingerprint density at radius 1 is 0.635 bits per heavy atom. The highest BCUT2D eigenvalue weighted by Gasteiger charge is 2.51. The largest absolute Gasteiger partial charge is 0.359 e. The lowest BCUT2D eigenvalue weighted by Crippen LogP contribution is -2.56. The van der Waals surface area contributed by atoms with Crippen LogP contribution in [0.25, 0.3) is 0 Å². The second-order valence-electron chi connectivity index (χ2n) is 23.5. The van der Waals surface area contributed by atoms with Crippen molar-refractivity contribution in [3.8, 4) is 0 Å². The highest BCUT2D eigenvalue weighted by Crippen LogP contribution is 2.55. The van der Waals surface area contributed by atoms with Gasteiger partial charge in [-0.25, -0.2) is 0 Å². The van der Waals surface area contributed by atoms with Crippen LogP contribution in [0.15, 0.2) is 259 Å². The molecule has 2 aromatic carbocycles. The van der Waals surface area contributed by atoms with Crippen LogP contribution in [0.1, 0.15) is 83.1 Å². The maximum Gasteiger partial charge on any atom is 0.0703 e. The SMILES string of the molecule is CC12C=CC=CC1C(N(C1=CC3c4ccccc4N(c4ccccc4)C3C=C1)C1C=CC(C3C=CC(N(C4CC=C5C(C4)C4CCC=CC4N5C4=CCCCC4)C4(C)C=CC=C5C=CC=CC54)=CC3)C=C1)=CC=C2. The van der Waals surface area contributed by atoms with Gasteiger partial charge in [0, 0.05) is 80.9 Å². The van der Waals surface area contributed by atoms with Gasteiger partial charge in [0.25, 0.3) is 0 Å². The van der Waals surface area contributed by atoms with Crippen LogP contribution in [0.3, 0.4) is 0 Å². The van der Waals surface area contributed by atoms with Crippen LogP contribution >= 0.6 is 0 Å². The van der Waals surface area contributed by atoms with E-state index >= 15 is 0 Å². The summed E-state index contributed by atoms with van der Waals surface area (Å²) in [6.45, 7) is 4.92. The van der Waals surface area contributed by atoms with Crippen molar-refractivity contribution in [2.24, 2.45) is 40.9 Å². The van der Waals surface area contributed by atoms with E-state index in [4.69, 9.17) is 0 Å². The molecule has 2 aliphatic heterocycles. The fourth-order valence-electron chi connectivity index (χ4n) is 15.8. The van der Waals surface area contributed by atoms with Crippen LogP contribution in [0, 0.1) is 40.9 Å². The molecule has 0 N–H and O–H groups in total. The van der Waals surface area contributed by atoms with Crippen molar-refractivity contribution in [3.63, 3.8) is 0 Å². The first-order valence-electron chi connectivity index (χ1n) is 28.5. The minimum absolute atomic E-state index is 0.0818. The number of para-hydroxylation sites is 2. The first-order valence-corrected chi connectivity index (χ1v) is 28.5. The van der Waals surface area contributed by atoms with Crippen LogP contribution in [0.5, 0.6) is 0 Å². The Morgan fingerprint density at radius 3 is 2.32 bits per heavy atom. The maximum absolute atomic E-state index is 2.91. The molecule has 372 valence electrons. The Morgan fingerprint density at radius 2 is 1.46 bits per heavy atom. The molecule has 0 spiro atoms. The second-order valence-corrected chi connectivity index (χ2v) is 23.5. The van der Waals surface area contributed by atoms with Crippen molar-refractivity contribution in [2.75, 3.05) is 4.90 Å². The van der Waals surface area contributed by atoms with E-state index in [2.05, 4.69) is 258 Å². The van der Waals surface area contributed by atoms with Crippen molar-refractivity contribution >= 4 is 11.4 Å². The molecular weight excluding hydrogens is 897 g/mol. The Bertz CT molecular complexity index is 3110.